The van der Waals surface area contributed by atoms with Gasteiger partial charge in [0, 0.05) is 37.8 Å². The van der Waals surface area contributed by atoms with Crippen LogP contribution in [0.15, 0.2) is 36.5 Å². The van der Waals surface area contributed by atoms with Crippen molar-refractivity contribution < 1.29 is 18.0 Å². The first-order chi connectivity index (χ1) is 14.3. The maximum Gasteiger partial charge on any atom is 0.435 e. The molecule has 0 saturated carbocycles. The Balaban J connectivity index is 1.32. The maximum absolute atomic E-state index is 12.6. The number of aromatic nitrogens is 4. The monoisotopic (exact) mass is 419 g/mol. The van der Waals surface area contributed by atoms with E-state index in [2.05, 4.69) is 20.0 Å². The molecule has 3 aromatic rings. The number of hydrogen-bond acceptors (Lipinski definition) is 6. The highest BCUT2D eigenvalue weighted by molar-refractivity contribution is 5.87. The van der Waals surface area contributed by atoms with Crippen LogP contribution in [-0.4, -0.2) is 61.6 Å². The fourth-order valence-electron chi connectivity index (χ4n) is 3.42. The van der Waals surface area contributed by atoms with Gasteiger partial charge in [-0.2, -0.15) is 18.3 Å². The summed E-state index contributed by atoms with van der Waals surface area (Å²) in [5.41, 5.74) is 5.80. The molecule has 0 radical (unpaired) electrons. The molecule has 1 aromatic carbocycles. The Morgan fingerprint density at radius 2 is 1.80 bits per heavy atom. The third-order valence-corrected chi connectivity index (χ3v) is 5.00. The molecule has 4 rings (SSSR count). The van der Waals surface area contributed by atoms with Crippen LogP contribution in [0.5, 0.6) is 0 Å². The predicted molar refractivity (Wildman–Crippen MR) is 103 cm³/mol. The van der Waals surface area contributed by atoms with Gasteiger partial charge in [-0.25, -0.2) is 9.97 Å². The quantitative estimate of drug-likeness (QED) is 0.693. The van der Waals surface area contributed by atoms with E-state index in [9.17, 15) is 18.0 Å². The topological polar surface area (TPSA) is 93.2 Å². The number of halogens is 3. The molecule has 0 bridgehead atoms. The molecule has 0 aliphatic carbocycles. The normalized spacial score (nSPS) is 15.6. The van der Waals surface area contributed by atoms with E-state index in [0.717, 1.165) is 21.7 Å². The van der Waals surface area contributed by atoms with Gasteiger partial charge in [-0.05, 0) is 18.2 Å². The molecular weight excluding hydrogens is 399 g/mol. The Hall–Kier alpha value is -3.21. The molecule has 1 saturated heterocycles. The third kappa shape index (κ3) is 4.35. The minimum Gasteiger partial charge on any atom is -0.383 e. The Bertz CT molecular complexity index is 1060. The number of nitrogens with two attached hydrogens (primary N) is 1. The predicted octanol–water partition coefficient (Wildman–Crippen LogP) is 1.77. The van der Waals surface area contributed by atoms with Crippen LogP contribution in [0.1, 0.15) is 11.5 Å². The van der Waals surface area contributed by atoms with Gasteiger partial charge in [0.2, 0.25) is 5.91 Å². The number of benzene rings is 1. The lowest BCUT2D eigenvalue weighted by Crippen LogP contribution is -2.49. The highest BCUT2D eigenvalue weighted by atomic mass is 19.4. The summed E-state index contributed by atoms with van der Waals surface area (Å²) in [5, 5.41) is 4.23. The van der Waals surface area contributed by atoms with E-state index in [1.165, 1.54) is 6.20 Å². The van der Waals surface area contributed by atoms with Gasteiger partial charge in [0.15, 0.2) is 5.69 Å². The van der Waals surface area contributed by atoms with Gasteiger partial charge in [-0.3, -0.25) is 14.4 Å². The number of rotatable bonds is 4. The second kappa shape index (κ2) is 7.90. The zero-order chi connectivity index (χ0) is 21.3. The average Bonchev–Trinajstić information content (AvgIpc) is 3.18. The smallest absolute Gasteiger partial charge is 0.383 e. The van der Waals surface area contributed by atoms with Crippen molar-refractivity contribution in [2.45, 2.75) is 19.3 Å². The van der Waals surface area contributed by atoms with Crippen molar-refractivity contribution in [1.29, 1.82) is 0 Å². The molecule has 0 spiro atoms. The first kappa shape index (κ1) is 20.1. The SMILES string of the molecule is Nc1nc(CN2CCN(C(=O)Cn3ccc(C(F)(F)F)n3)CC2)nc2ccccc12. The van der Waals surface area contributed by atoms with Crippen molar-refractivity contribution in [2.24, 2.45) is 0 Å². The minimum atomic E-state index is -4.52. The number of carbonyl (C=O) groups excluding carboxylic acids is 1. The van der Waals surface area contributed by atoms with Crippen LogP contribution in [0.2, 0.25) is 0 Å². The number of hydrogen-bond donors (Lipinski definition) is 1. The maximum atomic E-state index is 12.6. The lowest BCUT2D eigenvalue weighted by Gasteiger charge is -2.34. The number of carbonyl (C=O) groups is 1. The molecule has 1 aliphatic heterocycles. The number of alkyl halides is 3. The van der Waals surface area contributed by atoms with Gasteiger partial charge in [0.1, 0.15) is 18.2 Å². The van der Waals surface area contributed by atoms with Crippen molar-refractivity contribution in [1.82, 2.24) is 29.5 Å². The molecule has 0 atom stereocenters. The standard InChI is InChI=1S/C19H20F3N7O/c20-19(21,22)15-5-6-29(26-15)12-17(30)28-9-7-27(8-10-28)11-16-24-14-4-2-1-3-13(14)18(23)25-16/h1-6H,7-12H2,(H2,23,24,25). The van der Waals surface area contributed by atoms with Crippen molar-refractivity contribution in [2.75, 3.05) is 31.9 Å². The van der Waals surface area contributed by atoms with Crippen molar-refractivity contribution >= 4 is 22.6 Å². The van der Waals surface area contributed by atoms with Gasteiger partial charge < -0.3 is 10.6 Å². The first-order valence-corrected chi connectivity index (χ1v) is 9.41. The van der Waals surface area contributed by atoms with Gasteiger partial charge >= 0.3 is 6.18 Å². The summed E-state index contributed by atoms with van der Waals surface area (Å²) in [6.07, 6.45) is -3.35. The summed E-state index contributed by atoms with van der Waals surface area (Å²) in [6, 6.07) is 8.38. The van der Waals surface area contributed by atoms with Crippen LogP contribution in [0, 0.1) is 0 Å². The number of amides is 1. The van der Waals surface area contributed by atoms with Crippen LogP contribution in [0.4, 0.5) is 19.0 Å². The van der Waals surface area contributed by atoms with Crippen molar-refractivity contribution in [3.63, 3.8) is 0 Å². The zero-order valence-corrected chi connectivity index (χ0v) is 16.0. The van der Waals surface area contributed by atoms with E-state index in [4.69, 9.17) is 5.73 Å². The zero-order valence-electron chi connectivity index (χ0n) is 16.0. The van der Waals surface area contributed by atoms with E-state index >= 15 is 0 Å². The van der Waals surface area contributed by atoms with Crippen LogP contribution in [0.3, 0.4) is 0 Å². The molecule has 2 aromatic heterocycles. The lowest BCUT2D eigenvalue weighted by atomic mass is 10.2. The second-order valence-corrected chi connectivity index (χ2v) is 7.10. The molecule has 1 fully saturated rings. The van der Waals surface area contributed by atoms with Crippen LogP contribution < -0.4 is 5.73 Å². The Kier molecular flexibility index (Phi) is 5.29. The van der Waals surface area contributed by atoms with Gasteiger partial charge in [0.25, 0.3) is 0 Å². The molecule has 158 valence electrons. The van der Waals surface area contributed by atoms with E-state index in [0.29, 0.717) is 44.4 Å². The number of anilines is 1. The van der Waals surface area contributed by atoms with Crippen LogP contribution in [0.25, 0.3) is 10.9 Å². The second-order valence-electron chi connectivity index (χ2n) is 7.10. The third-order valence-electron chi connectivity index (χ3n) is 5.00. The highest BCUT2D eigenvalue weighted by Crippen LogP contribution is 2.27. The summed E-state index contributed by atoms with van der Waals surface area (Å²) in [4.78, 5) is 25.1. The van der Waals surface area contributed by atoms with Gasteiger partial charge in [0.05, 0.1) is 12.1 Å². The molecule has 2 N–H and O–H groups in total. The van der Waals surface area contributed by atoms with Gasteiger partial charge in [-0.1, -0.05) is 12.1 Å². The molecule has 1 aliphatic rings. The molecule has 1 amide bonds. The van der Waals surface area contributed by atoms with Crippen LogP contribution >= 0.6 is 0 Å². The highest BCUT2D eigenvalue weighted by Gasteiger charge is 2.33. The number of piperazine rings is 1. The van der Waals surface area contributed by atoms with E-state index in [1.807, 2.05) is 24.3 Å². The Morgan fingerprint density at radius 3 is 2.50 bits per heavy atom. The average molecular weight is 419 g/mol. The molecule has 3 heterocycles. The van der Waals surface area contributed by atoms with E-state index in [1.54, 1.807) is 4.90 Å². The van der Waals surface area contributed by atoms with Gasteiger partial charge in [-0.15, -0.1) is 0 Å². The number of nitrogen functional groups attached to an aromatic ring is 1. The molecular formula is C19H20F3N7O. The summed E-state index contributed by atoms with van der Waals surface area (Å²) in [5.74, 6) is 0.779. The molecule has 30 heavy (non-hydrogen) atoms. The fraction of sp³-hybridized carbons (Fsp3) is 0.368. The summed E-state index contributed by atoms with van der Waals surface area (Å²) < 4.78 is 38.9. The van der Waals surface area contributed by atoms with Crippen LogP contribution in [-0.2, 0) is 24.1 Å². The number of nitrogens with zero attached hydrogens (tertiary/aromatic N) is 6. The molecule has 0 unspecified atom stereocenters. The fourth-order valence-corrected chi connectivity index (χ4v) is 3.42. The lowest BCUT2D eigenvalue weighted by molar-refractivity contribution is -0.142. The summed E-state index contributed by atoms with van der Waals surface area (Å²) >= 11 is 0. The molecule has 11 heteroatoms. The number of para-hydroxylation sites is 1. The van der Waals surface area contributed by atoms with Crippen molar-refractivity contribution in [3.05, 3.63) is 48.0 Å². The summed E-state index contributed by atoms with van der Waals surface area (Å²) in [7, 11) is 0. The van der Waals surface area contributed by atoms with Crippen molar-refractivity contribution in [3.8, 4) is 0 Å². The first-order valence-electron chi connectivity index (χ1n) is 9.41. The summed E-state index contributed by atoms with van der Waals surface area (Å²) in [6.45, 7) is 2.43. The largest absolute Gasteiger partial charge is 0.435 e. The minimum absolute atomic E-state index is 0.222. The number of fused-ring (bicyclic) bond motifs is 1. The Labute approximate surface area is 170 Å². The Morgan fingerprint density at radius 1 is 1.07 bits per heavy atom. The van der Waals surface area contributed by atoms with E-state index < -0.39 is 11.9 Å². The van der Waals surface area contributed by atoms with E-state index in [-0.39, 0.29) is 12.5 Å². The molecule has 8 nitrogen and oxygen atoms in total.